The van der Waals surface area contributed by atoms with Crippen LogP contribution in [0.1, 0.15) is 44.3 Å². The first kappa shape index (κ1) is 25.8. The van der Waals surface area contributed by atoms with Gasteiger partial charge < -0.3 is 9.47 Å². The van der Waals surface area contributed by atoms with Crippen LogP contribution in [0.15, 0.2) is 79.4 Å². The van der Waals surface area contributed by atoms with E-state index in [-0.39, 0.29) is 29.8 Å². The minimum atomic E-state index is -1.05. The zero-order valence-corrected chi connectivity index (χ0v) is 20.5. The number of benzene rings is 3. The van der Waals surface area contributed by atoms with Gasteiger partial charge in [-0.2, -0.15) is 4.39 Å². The Bertz CT molecular complexity index is 1210. The highest BCUT2D eigenvalue weighted by Gasteiger charge is 2.23. The molecule has 3 aromatic rings. The van der Waals surface area contributed by atoms with Crippen molar-refractivity contribution >= 4 is 0 Å². The van der Waals surface area contributed by atoms with Crippen LogP contribution >= 0.6 is 0 Å². The van der Waals surface area contributed by atoms with E-state index in [1.807, 2.05) is 13.0 Å². The average Bonchev–Trinajstić information content (AvgIpc) is 2.90. The summed E-state index contributed by atoms with van der Waals surface area (Å²) in [4.78, 5) is 0. The largest absolute Gasteiger partial charge is 0.486 e. The zero-order valence-electron chi connectivity index (χ0n) is 20.5. The highest BCUT2D eigenvalue weighted by Crippen LogP contribution is 2.35. The normalized spacial score (nSPS) is 17.9. The molecule has 0 amide bonds. The molecule has 2 atom stereocenters. The van der Waals surface area contributed by atoms with Crippen molar-refractivity contribution < 1.29 is 22.6 Å². The van der Waals surface area contributed by atoms with Crippen LogP contribution in [0.5, 0.6) is 5.75 Å². The second-order valence-electron chi connectivity index (χ2n) is 9.07. The van der Waals surface area contributed by atoms with E-state index in [1.165, 1.54) is 18.2 Å². The lowest BCUT2D eigenvalue weighted by molar-refractivity contribution is -0.0191. The highest BCUT2D eigenvalue weighted by atomic mass is 19.2. The summed E-state index contributed by atoms with van der Waals surface area (Å²) in [5, 5.41) is 0. The standard InChI is InChI=1S/C31H31F3O2/c1-3-5-6-7-21-8-16-28(36-20-21)24-13-14-25(27(32)19-24)22-9-11-23(12-10-22)26-15-17-29(35-18-4-2)31(34)30(26)33/h3-5,9-15,17,19,21,28H,2,6-8,16,18,20H2,1H3/b5-3+. The van der Waals surface area contributed by atoms with Crippen molar-refractivity contribution in [3.8, 4) is 28.0 Å². The third kappa shape index (κ3) is 5.90. The molecule has 3 aromatic carbocycles. The molecule has 1 aliphatic rings. The van der Waals surface area contributed by atoms with Gasteiger partial charge in [0.1, 0.15) is 12.4 Å². The van der Waals surface area contributed by atoms with Crippen LogP contribution in [0, 0.1) is 23.4 Å². The molecule has 1 heterocycles. The first-order valence-corrected chi connectivity index (χ1v) is 12.4. The summed E-state index contributed by atoms with van der Waals surface area (Å²) in [5.74, 6) is -1.99. The van der Waals surface area contributed by atoms with Gasteiger partial charge in [0.05, 0.1) is 12.7 Å². The Morgan fingerprint density at radius 3 is 2.31 bits per heavy atom. The van der Waals surface area contributed by atoms with Gasteiger partial charge in [-0.05, 0) is 73.4 Å². The molecule has 0 bridgehead atoms. The smallest absolute Gasteiger partial charge is 0.201 e. The maximum Gasteiger partial charge on any atom is 0.201 e. The molecule has 1 saturated heterocycles. The number of rotatable bonds is 9. The van der Waals surface area contributed by atoms with Gasteiger partial charge in [0.2, 0.25) is 5.82 Å². The van der Waals surface area contributed by atoms with E-state index in [4.69, 9.17) is 9.47 Å². The summed E-state index contributed by atoms with van der Waals surface area (Å²) >= 11 is 0. The Kier molecular flexibility index (Phi) is 8.65. The lowest BCUT2D eigenvalue weighted by Crippen LogP contribution is -2.20. The maximum absolute atomic E-state index is 15.1. The lowest BCUT2D eigenvalue weighted by atomic mass is 9.91. The molecule has 4 rings (SSSR count). The predicted octanol–water partition coefficient (Wildman–Crippen LogP) is 8.83. The third-order valence-corrected chi connectivity index (χ3v) is 6.62. The number of hydrogen-bond acceptors (Lipinski definition) is 2. The van der Waals surface area contributed by atoms with Gasteiger partial charge in [-0.3, -0.25) is 0 Å². The Morgan fingerprint density at radius 2 is 1.67 bits per heavy atom. The summed E-state index contributed by atoms with van der Waals surface area (Å²) in [7, 11) is 0. The molecular weight excluding hydrogens is 461 g/mol. The molecular formula is C31H31F3O2. The Balaban J connectivity index is 1.45. The minimum Gasteiger partial charge on any atom is -0.486 e. The van der Waals surface area contributed by atoms with Crippen molar-refractivity contribution in [2.45, 2.75) is 38.7 Å². The second-order valence-corrected chi connectivity index (χ2v) is 9.07. The van der Waals surface area contributed by atoms with Gasteiger partial charge in [0.25, 0.3) is 0 Å². The van der Waals surface area contributed by atoms with Crippen LogP contribution in [0.4, 0.5) is 13.2 Å². The second kappa shape index (κ2) is 12.1. The molecule has 2 nitrogen and oxygen atoms in total. The van der Waals surface area contributed by atoms with Crippen molar-refractivity contribution in [2.75, 3.05) is 13.2 Å². The number of ether oxygens (including phenoxy) is 2. The van der Waals surface area contributed by atoms with Crippen LogP contribution < -0.4 is 4.74 Å². The molecule has 0 saturated carbocycles. The molecule has 0 radical (unpaired) electrons. The van der Waals surface area contributed by atoms with Crippen molar-refractivity contribution in [1.82, 2.24) is 0 Å². The van der Waals surface area contributed by atoms with Crippen molar-refractivity contribution in [2.24, 2.45) is 5.92 Å². The topological polar surface area (TPSA) is 18.5 Å². The van der Waals surface area contributed by atoms with Crippen LogP contribution in [0.25, 0.3) is 22.3 Å². The van der Waals surface area contributed by atoms with Gasteiger partial charge in [0.15, 0.2) is 11.6 Å². The van der Waals surface area contributed by atoms with Crippen molar-refractivity contribution in [3.63, 3.8) is 0 Å². The zero-order chi connectivity index (χ0) is 25.5. The molecule has 0 aliphatic carbocycles. The van der Waals surface area contributed by atoms with Gasteiger partial charge in [0, 0.05) is 11.1 Å². The molecule has 5 heteroatoms. The lowest BCUT2D eigenvalue weighted by Gasteiger charge is -2.29. The maximum atomic E-state index is 15.1. The van der Waals surface area contributed by atoms with E-state index in [1.54, 1.807) is 36.4 Å². The minimum absolute atomic E-state index is 0.0824. The van der Waals surface area contributed by atoms with Gasteiger partial charge in [-0.15, -0.1) is 0 Å². The van der Waals surface area contributed by atoms with Crippen LogP contribution in [0.2, 0.25) is 0 Å². The fourth-order valence-corrected chi connectivity index (χ4v) is 4.61. The molecule has 188 valence electrons. The molecule has 1 aliphatic heterocycles. The molecule has 2 unspecified atom stereocenters. The van der Waals surface area contributed by atoms with E-state index >= 15 is 4.39 Å². The van der Waals surface area contributed by atoms with Crippen molar-refractivity contribution in [3.05, 3.63) is 102 Å². The molecule has 0 spiro atoms. The summed E-state index contributed by atoms with van der Waals surface area (Å²) in [6, 6.07) is 14.8. The monoisotopic (exact) mass is 492 g/mol. The van der Waals surface area contributed by atoms with Crippen LogP contribution in [-0.2, 0) is 4.74 Å². The van der Waals surface area contributed by atoms with E-state index in [0.717, 1.165) is 31.2 Å². The fourth-order valence-electron chi connectivity index (χ4n) is 4.61. The fraction of sp³-hybridized carbons (Fsp3) is 0.290. The van der Waals surface area contributed by atoms with Gasteiger partial charge in [-0.25, -0.2) is 8.78 Å². The SMILES string of the molecule is C=CCOc1ccc(-c2ccc(-c3ccc(C4CCC(CC/C=C/C)CO4)cc3F)cc2)c(F)c1F. The predicted molar refractivity (Wildman–Crippen MR) is 138 cm³/mol. The number of halogens is 3. The van der Waals surface area contributed by atoms with E-state index in [9.17, 15) is 8.78 Å². The molecule has 0 N–H and O–H groups in total. The first-order chi connectivity index (χ1) is 17.5. The summed E-state index contributed by atoms with van der Waals surface area (Å²) in [6.45, 7) is 6.31. The highest BCUT2D eigenvalue weighted by molar-refractivity contribution is 5.71. The molecule has 1 fully saturated rings. The molecule has 0 aromatic heterocycles. The first-order valence-electron chi connectivity index (χ1n) is 12.4. The number of allylic oxidation sites excluding steroid dienone is 2. The molecule has 36 heavy (non-hydrogen) atoms. The van der Waals surface area contributed by atoms with E-state index in [0.29, 0.717) is 29.2 Å². The van der Waals surface area contributed by atoms with E-state index in [2.05, 4.69) is 18.7 Å². The van der Waals surface area contributed by atoms with E-state index < -0.39 is 11.6 Å². The van der Waals surface area contributed by atoms with Crippen LogP contribution in [-0.4, -0.2) is 13.2 Å². The van der Waals surface area contributed by atoms with Gasteiger partial charge >= 0.3 is 0 Å². The summed E-state index contributed by atoms with van der Waals surface area (Å²) < 4.78 is 55.2. The average molecular weight is 493 g/mol. The van der Waals surface area contributed by atoms with Crippen molar-refractivity contribution in [1.29, 1.82) is 0 Å². The van der Waals surface area contributed by atoms with Crippen LogP contribution in [0.3, 0.4) is 0 Å². The third-order valence-electron chi connectivity index (χ3n) is 6.62. The Labute approximate surface area is 211 Å². The Morgan fingerprint density at radius 1 is 0.944 bits per heavy atom. The number of hydrogen-bond donors (Lipinski definition) is 0. The Hall–Kier alpha value is -3.31. The quantitative estimate of drug-likeness (QED) is 0.278. The van der Waals surface area contributed by atoms with Gasteiger partial charge in [-0.1, -0.05) is 61.2 Å². The summed E-state index contributed by atoms with van der Waals surface area (Å²) in [6.07, 6.45) is 9.75. The summed E-state index contributed by atoms with van der Waals surface area (Å²) in [5.41, 5.74) is 2.55.